The van der Waals surface area contributed by atoms with Crippen molar-refractivity contribution >= 4 is 52.3 Å². The number of carbonyl (C=O) groups excluding carboxylic acids is 6. The quantitative estimate of drug-likeness (QED) is 0.0724. The Labute approximate surface area is 329 Å². The monoisotopic (exact) mass is 792 g/mol. The number of aliphatic hydroxyl groups is 1. The molecular formula is C39H52N8O10. The molecule has 0 radical (unpaired) electrons. The van der Waals surface area contributed by atoms with Gasteiger partial charge in [-0.1, -0.05) is 44.2 Å². The number of aromatic amines is 1. The van der Waals surface area contributed by atoms with E-state index in [9.17, 15) is 48.9 Å². The Morgan fingerprint density at radius 2 is 1.53 bits per heavy atom. The van der Waals surface area contributed by atoms with Crippen LogP contribution in [0.5, 0.6) is 5.75 Å². The molecule has 1 aromatic heterocycles. The van der Waals surface area contributed by atoms with Crippen molar-refractivity contribution in [2.45, 2.75) is 102 Å². The number of phenolic OH excluding ortho intramolecular Hbond substituents is 1. The first-order valence-electron chi connectivity index (χ1n) is 18.8. The lowest BCUT2D eigenvalue weighted by atomic mass is 10.0. The first-order chi connectivity index (χ1) is 27.0. The summed E-state index contributed by atoms with van der Waals surface area (Å²) in [4.78, 5) is 96.3. The first-order valence-corrected chi connectivity index (χ1v) is 18.8. The lowest BCUT2D eigenvalue weighted by Gasteiger charge is -2.31. The van der Waals surface area contributed by atoms with Crippen LogP contribution in [-0.2, 0) is 46.4 Å². The van der Waals surface area contributed by atoms with Gasteiger partial charge >= 0.3 is 5.97 Å². The second-order valence-electron chi connectivity index (χ2n) is 14.6. The van der Waals surface area contributed by atoms with Crippen LogP contribution in [-0.4, -0.2) is 116 Å². The summed E-state index contributed by atoms with van der Waals surface area (Å²) in [6, 6.07) is 5.63. The summed E-state index contributed by atoms with van der Waals surface area (Å²) in [5, 5.41) is 40.8. The number of aliphatic carboxylic acids is 1. The number of fused-ring (bicyclic) bond motifs is 1. The van der Waals surface area contributed by atoms with Crippen LogP contribution >= 0.6 is 0 Å². The predicted molar refractivity (Wildman–Crippen MR) is 207 cm³/mol. The van der Waals surface area contributed by atoms with Gasteiger partial charge in [0, 0.05) is 42.9 Å². The molecule has 1 saturated heterocycles. The minimum atomic E-state index is -1.68. The van der Waals surface area contributed by atoms with Gasteiger partial charge in [-0.3, -0.25) is 28.8 Å². The van der Waals surface area contributed by atoms with Crippen LogP contribution < -0.4 is 32.7 Å². The zero-order valence-electron chi connectivity index (χ0n) is 32.1. The molecular weight excluding hydrogens is 740 g/mol. The highest BCUT2D eigenvalue weighted by Gasteiger charge is 2.40. The van der Waals surface area contributed by atoms with Crippen molar-refractivity contribution in [2.24, 2.45) is 17.4 Å². The molecule has 0 aliphatic carbocycles. The van der Waals surface area contributed by atoms with Gasteiger partial charge in [0.25, 0.3) is 0 Å². The summed E-state index contributed by atoms with van der Waals surface area (Å²) in [5.41, 5.74) is 13.2. The van der Waals surface area contributed by atoms with E-state index in [4.69, 9.17) is 11.5 Å². The summed E-state index contributed by atoms with van der Waals surface area (Å²) in [5.74, 6) is -6.23. The molecule has 0 bridgehead atoms. The van der Waals surface area contributed by atoms with E-state index in [0.29, 0.717) is 17.5 Å². The fraction of sp³-hybridized carbons (Fsp3) is 0.462. The van der Waals surface area contributed by atoms with E-state index >= 15 is 0 Å². The molecule has 1 aliphatic heterocycles. The lowest BCUT2D eigenvalue weighted by molar-refractivity contribution is -0.143. The fourth-order valence-electron chi connectivity index (χ4n) is 6.60. The lowest BCUT2D eigenvalue weighted by Crippen LogP contribution is -2.61. The summed E-state index contributed by atoms with van der Waals surface area (Å²) in [6.07, 6.45) is 0.0328. The van der Waals surface area contributed by atoms with Gasteiger partial charge in [0.15, 0.2) is 0 Å². The van der Waals surface area contributed by atoms with Gasteiger partial charge in [0.05, 0.1) is 12.1 Å². The SMILES string of the molecule is CC(C)[C@H](N)C(=O)N[C@@H](Cc1ccc(O)cc1)C(=O)N1CCC[C@H]1C(=O)N[C@@H](Cc1c[nH]c2ccccc12)C(=O)N[C@H](C(=O)N[C@@H](CCC(N)=O)C(=O)O)[C@@H](C)O. The topological polar surface area (TPSA) is 299 Å². The Morgan fingerprint density at radius 3 is 2.16 bits per heavy atom. The summed E-state index contributed by atoms with van der Waals surface area (Å²) in [6.45, 7) is 4.90. The standard InChI is InChI=1S/C39H52N8O10/c1-20(2)32(41)36(53)45-29(17-22-10-12-24(49)13-11-22)38(55)47-16-6-9-30(47)35(52)44-28(18-23-19-42-26-8-5-4-7-25(23)26)34(51)46-33(21(3)48)37(54)43-27(39(56)57)14-15-31(40)50/h4-5,7-8,10-13,19-21,27-30,32-33,42,48-49H,6,9,14-18,41H2,1-3H3,(H2,40,50)(H,43,54)(H,44,52)(H,45,53)(H,46,51)(H,56,57)/t21-,27+,28+,29+,30+,32+,33+/m1/s1. The van der Waals surface area contributed by atoms with Crippen LogP contribution in [0.3, 0.4) is 0 Å². The number of amides is 6. The number of likely N-dealkylation sites (tertiary alicyclic amines) is 1. The highest BCUT2D eigenvalue weighted by molar-refractivity contribution is 5.97. The van der Waals surface area contributed by atoms with Crippen LogP contribution in [0.4, 0.5) is 0 Å². The summed E-state index contributed by atoms with van der Waals surface area (Å²) >= 11 is 0. The van der Waals surface area contributed by atoms with Crippen molar-refractivity contribution in [1.29, 1.82) is 0 Å². The van der Waals surface area contributed by atoms with Gasteiger partial charge in [0.1, 0.15) is 36.0 Å². The third kappa shape index (κ3) is 11.7. The number of hydrogen-bond donors (Lipinski definition) is 10. The number of aromatic hydroxyl groups is 1. The number of nitrogens with one attached hydrogen (secondary N) is 5. The molecule has 2 heterocycles. The first kappa shape index (κ1) is 43.7. The molecule has 12 N–H and O–H groups in total. The Morgan fingerprint density at radius 1 is 0.860 bits per heavy atom. The van der Waals surface area contributed by atoms with Crippen molar-refractivity contribution in [2.75, 3.05) is 6.54 Å². The summed E-state index contributed by atoms with van der Waals surface area (Å²) in [7, 11) is 0. The zero-order chi connectivity index (χ0) is 42.0. The predicted octanol–water partition coefficient (Wildman–Crippen LogP) is -0.697. The smallest absolute Gasteiger partial charge is 0.326 e. The Hall–Kier alpha value is -6.01. The number of nitrogens with two attached hydrogens (primary N) is 2. The number of H-pyrrole nitrogens is 1. The average Bonchev–Trinajstić information content (AvgIpc) is 3.82. The number of hydrogen-bond acceptors (Lipinski definition) is 10. The molecule has 6 amide bonds. The highest BCUT2D eigenvalue weighted by atomic mass is 16.4. The number of primary amides is 1. The normalized spacial score (nSPS) is 17.2. The minimum absolute atomic E-state index is 0.0139. The number of carboxylic acid groups (broad SMARTS) is 1. The molecule has 1 fully saturated rings. The van der Waals surface area contributed by atoms with Gasteiger partial charge in [-0.15, -0.1) is 0 Å². The van der Waals surface area contributed by atoms with E-state index < -0.39 is 83.8 Å². The fourth-order valence-corrected chi connectivity index (χ4v) is 6.60. The molecule has 18 nitrogen and oxygen atoms in total. The number of para-hydroxylation sites is 1. The van der Waals surface area contributed by atoms with Gasteiger partial charge in [-0.25, -0.2) is 4.79 Å². The molecule has 0 spiro atoms. The van der Waals surface area contributed by atoms with Gasteiger partial charge in [-0.05, 0) is 61.4 Å². The number of aliphatic hydroxyl groups excluding tert-OH is 1. The Balaban J connectivity index is 1.60. The van der Waals surface area contributed by atoms with E-state index in [-0.39, 0.29) is 50.3 Å². The number of carbonyl (C=O) groups is 7. The van der Waals surface area contributed by atoms with E-state index in [1.165, 1.54) is 24.0 Å². The van der Waals surface area contributed by atoms with Crippen molar-refractivity contribution in [3.05, 3.63) is 65.9 Å². The van der Waals surface area contributed by atoms with Gasteiger partial charge in [-0.2, -0.15) is 0 Å². The number of benzene rings is 2. The Bertz CT molecular complexity index is 1930. The highest BCUT2D eigenvalue weighted by Crippen LogP contribution is 2.23. The van der Waals surface area contributed by atoms with Crippen LogP contribution in [0, 0.1) is 5.92 Å². The molecule has 7 atom stereocenters. The van der Waals surface area contributed by atoms with E-state index in [2.05, 4.69) is 26.3 Å². The zero-order valence-corrected chi connectivity index (χ0v) is 32.1. The molecule has 4 rings (SSSR count). The molecule has 1 aliphatic rings. The average molecular weight is 793 g/mol. The number of aromatic nitrogens is 1. The van der Waals surface area contributed by atoms with E-state index in [0.717, 1.165) is 10.9 Å². The molecule has 2 aromatic carbocycles. The van der Waals surface area contributed by atoms with E-state index in [1.54, 1.807) is 38.2 Å². The van der Waals surface area contributed by atoms with Gasteiger partial charge in [0.2, 0.25) is 35.4 Å². The number of phenols is 1. The third-order valence-electron chi connectivity index (χ3n) is 9.94. The summed E-state index contributed by atoms with van der Waals surface area (Å²) < 4.78 is 0. The molecule has 18 heteroatoms. The van der Waals surface area contributed by atoms with Crippen molar-refractivity contribution in [3.8, 4) is 5.75 Å². The number of rotatable bonds is 19. The second-order valence-corrected chi connectivity index (χ2v) is 14.6. The van der Waals surface area contributed by atoms with Crippen molar-refractivity contribution < 1.29 is 48.9 Å². The molecule has 0 saturated carbocycles. The number of nitrogens with zero attached hydrogens (tertiary/aromatic N) is 1. The van der Waals surface area contributed by atoms with Crippen LogP contribution in [0.15, 0.2) is 54.7 Å². The molecule has 3 aromatic rings. The maximum absolute atomic E-state index is 14.2. The van der Waals surface area contributed by atoms with Crippen LogP contribution in [0.1, 0.15) is 57.6 Å². The largest absolute Gasteiger partial charge is 0.508 e. The van der Waals surface area contributed by atoms with Crippen molar-refractivity contribution in [3.63, 3.8) is 0 Å². The minimum Gasteiger partial charge on any atom is -0.508 e. The van der Waals surface area contributed by atoms with Crippen molar-refractivity contribution in [1.82, 2.24) is 31.2 Å². The maximum atomic E-state index is 14.2. The van der Waals surface area contributed by atoms with Gasteiger partial charge < -0.3 is 57.9 Å². The maximum Gasteiger partial charge on any atom is 0.326 e. The third-order valence-corrected chi connectivity index (χ3v) is 9.94. The van der Waals surface area contributed by atoms with Crippen LogP contribution in [0.2, 0.25) is 0 Å². The number of carboxylic acids is 1. The van der Waals surface area contributed by atoms with E-state index in [1.807, 2.05) is 18.2 Å². The molecule has 57 heavy (non-hydrogen) atoms. The molecule has 308 valence electrons. The van der Waals surface area contributed by atoms with Crippen LogP contribution in [0.25, 0.3) is 10.9 Å². The molecule has 0 unspecified atom stereocenters. The Kier molecular flexibility index (Phi) is 15.1. The second kappa shape index (κ2) is 19.7.